The summed E-state index contributed by atoms with van der Waals surface area (Å²) in [6, 6.07) is 3.94. The Labute approximate surface area is 127 Å². The van der Waals surface area contributed by atoms with Gasteiger partial charge in [-0.15, -0.1) is 0 Å². The fraction of sp³-hybridized carbons (Fsp3) is 0.467. The van der Waals surface area contributed by atoms with Crippen LogP contribution >= 0.6 is 11.6 Å². The topological polar surface area (TPSA) is 78.4 Å². The summed E-state index contributed by atoms with van der Waals surface area (Å²) in [5, 5.41) is 14.6. The normalized spacial score (nSPS) is 18.9. The summed E-state index contributed by atoms with van der Waals surface area (Å²) in [4.78, 5) is 22.7. The van der Waals surface area contributed by atoms with Crippen molar-refractivity contribution >= 4 is 29.3 Å². The Morgan fingerprint density at radius 2 is 2.05 bits per heavy atom. The van der Waals surface area contributed by atoms with Crippen LogP contribution < -0.4 is 10.6 Å². The molecule has 0 heterocycles. The maximum Gasteiger partial charge on any atom is 0.335 e. The molecule has 2 fully saturated rings. The van der Waals surface area contributed by atoms with E-state index in [1.807, 2.05) is 0 Å². The van der Waals surface area contributed by atoms with Crippen LogP contribution in [0.25, 0.3) is 0 Å². The van der Waals surface area contributed by atoms with Crippen molar-refractivity contribution < 1.29 is 14.7 Å². The molecule has 0 unspecified atom stereocenters. The lowest BCUT2D eigenvalue weighted by molar-refractivity contribution is 0.0697. The van der Waals surface area contributed by atoms with Gasteiger partial charge in [0.1, 0.15) is 0 Å². The number of benzene rings is 1. The molecule has 1 aromatic rings. The fourth-order valence-electron chi connectivity index (χ4n) is 2.76. The van der Waals surface area contributed by atoms with E-state index < -0.39 is 5.97 Å². The van der Waals surface area contributed by atoms with E-state index in [1.54, 1.807) is 0 Å². The molecule has 0 spiro atoms. The van der Waals surface area contributed by atoms with Crippen molar-refractivity contribution in [3.8, 4) is 0 Å². The molecule has 3 rings (SSSR count). The van der Waals surface area contributed by atoms with Crippen LogP contribution in [0.15, 0.2) is 18.2 Å². The Balaban J connectivity index is 1.56. The van der Waals surface area contributed by atoms with Crippen molar-refractivity contribution in [3.63, 3.8) is 0 Å². The van der Waals surface area contributed by atoms with Gasteiger partial charge in [0.25, 0.3) is 0 Å². The molecule has 0 saturated heterocycles. The first kappa shape index (κ1) is 14.2. The van der Waals surface area contributed by atoms with Crippen LogP contribution in [0, 0.1) is 11.3 Å². The van der Waals surface area contributed by atoms with Gasteiger partial charge in [0.2, 0.25) is 0 Å². The van der Waals surface area contributed by atoms with E-state index >= 15 is 0 Å². The number of halogens is 1. The lowest BCUT2D eigenvalue weighted by Crippen LogP contribution is -2.34. The highest BCUT2D eigenvalue weighted by Gasteiger charge is 2.53. The summed E-state index contributed by atoms with van der Waals surface area (Å²) >= 11 is 5.97. The Morgan fingerprint density at radius 3 is 2.57 bits per heavy atom. The van der Waals surface area contributed by atoms with Gasteiger partial charge >= 0.3 is 12.0 Å². The quantitative estimate of drug-likeness (QED) is 0.780. The van der Waals surface area contributed by atoms with Gasteiger partial charge in [-0.05, 0) is 55.2 Å². The maximum absolute atomic E-state index is 11.9. The Bertz CT molecular complexity index is 595. The number of hydrogen-bond acceptors (Lipinski definition) is 2. The highest BCUT2D eigenvalue weighted by Crippen LogP contribution is 2.60. The number of urea groups is 1. The van der Waals surface area contributed by atoms with E-state index in [9.17, 15) is 9.59 Å². The molecule has 0 atom stereocenters. The monoisotopic (exact) mass is 308 g/mol. The summed E-state index contributed by atoms with van der Waals surface area (Å²) in [6.45, 7) is 0.703. The molecule has 0 bridgehead atoms. The smallest absolute Gasteiger partial charge is 0.335 e. The minimum atomic E-state index is -1.05. The Morgan fingerprint density at radius 1 is 1.33 bits per heavy atom. The number of amides is 2. The molecule has 6 heteroatoms. The molecule has 112 valence electrons. The van der Waals surface area contributed by atoms with E-state index in [0.29, 0.717) is 17.6 Å². The molecule has 21 heavy (non-hydrogen) atoms. The van der Waals surface area contributed by atoms with Crippen LogP contribution in [0.4, 0.5) is 10.5 Å². The fourth-order valence-corrected chi connectivity index (χ4v) is 2.99. The van der Waals surface area contributed by atoms with E-state index in [-0.39, 0.29) is 16.6 Å². The molecule has 0 radical (unpaired) electrons. The number of carboxylic acid groups (broad SMARTS) is 1. The second-order valence-corrected chi connectivity index (χ2v) is 6.35. The van der Waals surface area contributed by atoms with Gasteiger partial charge in [0, 0.05) is 6.54 Å². The zero-order valence-electron chi connectivity index (χ0n) is 11.5. The SMILES string of the molecule is O=C(NCC1(C2CC2)CC1)Nc1ccc(C(=O)O)cc1Cl. The van der Waals surface area contributed by atoms with E-state index in [0.717, 1.165) is 5.92 Å². The highest BCUT2D eigenvalue weighted by molar-refractivity contribution is 6.34. The minimum absolute atomic E-state index is 0.0941. The molecule has 2 amide bonds. The predicted molar refractivity (Wildman–Crippen MR) is 79.8 cm³/mol. The number of carboxylic acids is 1. The van der Waals surface area contributed by atoms with Crippen molar-refractivity contribution in [2.24, 2.45) is 11.3 Å². The first-order valence-electron chi connectivity index (χ1n) is 7.08. The van der Waals surface area contributed by atoms with Crippen molar-refractivity contribution in [1.82, 2.24) is 5.32 Å². The van der Waals surface area contributed by atoms with Crippen LogP contribution in [0.5, 0.6) is 0 Å². The summed E-state index contributed by atoms with van der Waals surface area (Å²) in [7, 11) is 0. The third-order valence-corrected chi connectivity index (χ3v) is 4.71. The summed E-state index contributed by atoms with van der Waals surface area (Å²) in [5.74, 6) is -0.260. The Hall–Kier alpha value is -1.75. The Kier molecular flexibility index (Phi) is 3.53. The average Bonchev–Trinajstić information content (AvgIpc) is 3.31. The molecule has 2 aliphatic carbocycles. The summed E-state index contributed by atoms with van der Waals surface area (Å²) in [5.41, 5.74) is 0.848. The van der Waals surface area contributed by atoms with Crippen LogP contribution in [0.3, 0.4) is 0 Å². The maximum atomic E-state index is 11.9. The third kappa shape index (κ3) is 3.13. The molecule has 5 nitrogen and oxygen atoms in total. The van der Waals surface area contributed by atoms with Gasteiger partial charge in [0.15, 0.2) is 0 Å². The molecule has 0 aromatic heterocycles. The van der Waals surface area contributed by atoms with Crippen molar-refractivity contribution in [3.05, 3.63) is 28.8 Å². The molecular weight excluding hydrogens is 292 g/mol. The van der Waals surface area contributed by atoms with Crippen molar-refractivity contribution in [2.45, 2.75) is 25.7 Å². The van der Waals surface area contributed by atoms with Crippen LogP contribution in [-0.4, -0.2) is 23.7 Å². The highest BCUT2D eigenvalue weighted by atomic mass is 35.5. The average molecular weight is 309 g/mol. The molecule has 1 aromatic carbocycles. The molecule has 3 N–H and O–H groups in total. The second kappa shape index (κ2) is 5.22. The second-order valence-electron chi connectivity index (χ2n) is 5.94. The molecule has 2 aliphatic rings. The number of nitrogens with one attached hydrogen (secondary N) is 2. The molecule has 2 saturated carbocycles. The van der Waals surface area contributed by atoms with Crippen LogP contribution in [0.1, 0.15) is 36.0 Å². The summed E-state index contributed by atoms with van der Waals surface area (Å²) in [6.07, 6.45) is 4.97. The van der Waals surface area contributed by atoms with Gasteiger partial charge in [0.05, 0.1) is 16.3 Å². The van der Waals surface area contributed by atoms with Gasteiger partial charge in [-0.3, -0.25) is 0 Å². The number of aromatic carboxylic acids is 1. The zero-order chi connectivity index (χ0) is 15.0. The lowest BCUT2D eigenvalue weighted by Gasteiger charge is -2.15. The van der Waals surface area contributed by atoms with Gasteiger partial charge < -0.3 is 15.7 Å². The van der Waals surface area contributed by atoms with Crippen LogP contribution in [0.2, 0.25) is 5.02 Å². The van der Waals surface area contributed by atoms with E-state index in [2.05, 4.69) is 10.6 Å². The van der Waals surface area contributed by atoms with Crippen molar-refractivity contribution in [2.75, 3.05) is 11.9 Å². The molecule has 0 aliphatic heterocycles. The van der Waals surface area contributed by atoms with E-state index in [4.69, 9.17) is 16.7 Å². The van der Waals surface area contributed by atoms with Crippen molar-refractivity contribution in [1.29, 1.82) is 0 Å². The minimum Gasteiger partial charge on any atom is -0.478 e. The number of rotatable bonds is 5. The van der Waals surface area contributed by atoms with Gasteiger partial charge in [-0.2, -0.15) is 0 Å². The number of anilines is 1. The first-order chi connectivity index (χ1) is 10.00. The standard InChI is InChI=1S/C15H17ClN2O3/c16-11-7-9(13(19)20)1-4-12(11)18-14(21)17-8-15(5-6-15)10-2-3-10/h1,4,7,10H,2-3,5-6,8H2,(H,19,20)(H2,17,18,21). The molecular formula is C15H17ClN2O3. The van der Waals surface area contributed by atoms with Crippen LogP contribution in [-0.2, 0) is 0 Å². The summed E-state index contributed by atoms with van der Waals surface area (Å²) < 4.78 is 0. The number of hydrogen-bond donors (Lipinski definition) is 3. The largest absolute Gasteiger partial charge is 0.478 e. The predicted octanol–water partition coefficient (Wildman–Crippen LogP) is 3.35. The van der Waals surface area contributed by atoms with Gasteiger partial charge in [-0.1, -0.05) is 11.6 Å². The van der Waals surface area contributed by atoms with E-state index in [1.165, 1.54) is 43.9 Å². The third-order valence-electron chi connectivity index (χ3n) is 4.40. The van der Waals surface area contributed by atoms with Gasteiger partial charge in [-0.25, -0.2) is 9.59 Å². The first-order valence-corrected chi connectivity index (χ1v) is 7.46. The zero-order valence-corrected chi connectivity index (χ0v) is 12.2. The lowest BCUT2D eigenvalue weighted by atomic mass is 10.0. The number of carbonyl (C=O) groups excluding carboxylic acids is 1. The number of carbonyl (C=O) groups is 2.